The van der Waals surface area contributed by atoms with Gasteiger partial charge in [-0.25, -0.2) is 9.78 Å². The molecule has 2 aromatic heterocycles. The molecule has 0 radical (unpaired) electrons. The maximum atomic E-state index is 13.1. The fourth-order valence-electron chi connectivity index (χ4n) is 3.56. The first-order chi connectivity index (χ1) is 14.0. The summed E-state index contributed by atoms with van der Waals surface area (Å²) in [6, 6.07) is 9.03. The van der Waals surface area contributed by atoms with Gasteiger partial charge in [0.1, 0.15) is 9.71 Å². The predicted molar refractivity (Wildman–Crippen MR) is 110 cm³/mol. The zero-order valence-corrected chi connectivity index (χ0v) is 17.1. The third kappa shape index (κ3) is 3.55. The van der Waals surface area contributed by atoms with Gasteiger partial charge in [-0.2, -0.15) is 0 Å². The van der Waals surface area contributed by atoms with Crippen molar-refractivity contribution in [1.82, 2.24) is 14.5 Å². The number of amides is 1. The molecule has 1 aliphatic heterocycles. The molecule has 3 heterocycles. The van der Waals surface area contributed by atoms with E-state index in [2.05, 4.69) is 4.98 Å². The summed E-state index contributed by atoms with van der Waals surface area (Å²) in [5.74, 6) is -0.830. The molecular weight excluding hydrogens is 390 g/mol. The van der Waals surface area contributed by atoms with Crippen LogP contribution >= 0.6 is 11.3 Å². The summed E-state index contributed by atoms with van der Waals surface area (Å²) in [4.78, 5) is 45.3. The monoisotopic (exact) mass is 411 g/mol. The normalized spacial score (nSPS) is 14.9. The number of likely N-dealkylation sites (tertiary alicyclic amines) is 1. The molecule has 0 spiro atoms. The van der Waals surface area contributed by atoms with Gasteiger partial charge in [0, 0.05) is 25.7 Å². The molecule has 1 aromatic carbocycles. The highest BCUT2D eigenvalue weighted by Crippen LogP contribution is 2.30. The van der Waals surface area contributed by atoms with E-state index in [4.69, 9.17) is 4.74 Å². The van der Waals surface area contributed by atoms with Crippen molar-refractivity contribution >= 4 is 33.4 Å². The molecule has 1 fully saturated rings. The Morgan fingerprint density at radius 2 is 1.86 bits per heavy atom. The number of nitrogens with zero attached hydrogens (tertiary/aromatic N) is 3. The van der Waals surface area contributed by atoms with Gasteiger partial charge in [0.2, 0.25) is 6.10 Å². The van der Waals surface area contributed by atoms with Crippen molar-refractivity contribution in [2.45, 2.75) is 25.9 Å². The quantitative estimate of drug-likeness (QED) is 0.617. The number of carbonyl (C=O) groups is 2. The van der Waals surface area contributed by atoms with Gasteiger partial charge < -0.3 is 14.2 Å². The Morgan fingerprint density at radius 3 is 2.55 bits per heavy atom. The number of carbonyl (C=O) groups excluding carboxylic acids is 2. The molecular formula is C21H21N3O4S. The molecule has 0 N–H and O–H groups in total. The summed E-state index contributed by atoms with van der Waals surface area (Å²) < 4.78 is 7.10. The van der Waals surface area contributed by atoms with Gasteiger partial charge in [0.05, 0.1) is 11.7 Å². The van der Waals surface area contributed by atoms with Crippen LogP contribution in [0.15, 0.2) is 41.5 Å². The van der Waals surface area contributed by atoms with Crippen LogP contribution in [0.25, 0.3) is 10.2 Å². The van der Waals surface area contributed by atoms with E-state index in [0.717, 1.165) is 24.2 Å². The highest BCUT2D eigenvalue weighted by atomic mass is 32.1. The molecule has 1 saturated heterocycles. The van der Waals surface area contributed by atoms with Gasteiger partial charge >= 0.3 is 5.97 Å². The Morgan fingerprint density at radius 1 is 1.17 bits per heavy atom. The van der Waals surface area contributed by atoms with Crippen LogP contribution in [0, 0.1) is 6.92 Å². The van der Waals surface area contributed by atoms with Crippen molar-refractivity contribution in [3.8, 4) is 0 Å². The number of fused-ring (bicyclic) bond motifs is 1. The van der Waals surface area contributed by atoms with Gasteiger partial charge in [-0.05, 0) is 25.3 Å². The number of ether oxygens (including phenoxy) is 1. The van der Waals surface area contributed by atoms with Crippen molar-refractivity contribution in [1.29, 1.82) is 0 Å². The highest BCUT2D eigenvalue weighted by molar-refractivity contribution is 7.20. The maximum absolute atomic E-state index is 13.1. The lowest BCUT2D eigenvalue weighted by Gasteiger charge is -2.23. The smallest absolute Gasteiger partial charge is 0.349 e. The second kappa shape index (κ2) is 7.79. The lowest BCUT2D eigenvalue weighted by atomic mass is 10.1. The highest BCUT2D eigenvalue weighted by Gasteiger charge is 2.32. The SMILES string of the molecule is Cc1c(C(=O)OC(C(=O)N2CCCC2)c2ccccc2)sc2ncn(C)c(=O)c12. The van der Waals surface area contributed by atoms with Crippen LogP contribution in [-0.2, 0) is 16.6 Å². The summed E-state index contributed by atoms with van der Waals surface area (Å²) in [5.41, 5.74) is 0.949. The first-order valence-electron chi connectivity index (χ1n) is 9.47. The molecule has 1 unspecified atom stereocenters. The average molecular weight is 411 g/mol. The molecule has 0 bridgehead atoms. The maximum Gasteiger partial charge on any atom is 0.349 e. The van der Waals surface area contributed by atoms with Crippen molar-refractivity contribution in [3.63, 3.8) is 0 Å². The van der Waals surface area contributed by atoms with Gasteiger partial charge in [-0.3, -0.25) is 9.59 Å². The Balaban J connectivity index is 1.69. The predicted octanol–water partition coefficient (Wildman–Crippen LogP) is 2.82. The number of hydrogen-bond donors (Lipinski definition) is 0. The number of aromatic nitrogens is 2. The summed E-state index contributed by atoms with van der Waals surface area (Å²) >= 11 is 1.11. The van der Waals surface area contributed by atoms with Crippen molar-refractivity contribution in [2.75, 3.05) is 13.1 Å². The number of hydrogen-bond acceptors (Lipinski definition) is 6. The Hall–Kier alpha value is -3.00. The number of rotatable bonds is 4. The molecule has 0 aliphatic carbocycles. The van der Waals surface area contributed by atoms with Crippen molar-refractivity contribution < 1.29 is 14.3 Å². The molecule has 3 aromatic rings. The number of thiophene rings is 1. The summed E-state index contributed by atoms with van der Waals surface area (Å²) in [5, 5.41) is 0.411. The van der Waals surface area contributed by atoms with Crippen LogP contribution in [0.4, 0.5) is 0 Å². The Labute approximate surface area is 171 Å². The molecule has 150 valence electrons. The summed E-state index contributed by atoms with van der Waals surface area (Å²) in [6.07, 6.45) is 2.32. The second-order valence-electron chi connectivity index (χ2n) is 7.13. The zero-order valence-electron chi connectivity index (χ0n) is 16.3. The van der Waals surface area contributed by atoms with Crippen LogP contribution in [0.3, 0.4) is 0 Å². The van der Waals surface area contributed by atoms with E-state index in [1.165, 1.54) is 10.9 Å². The average Bonchev–Trinajstić information content (AvgIpc) is 3.38. The van der Waals surface area contributed by atoms with Gasteiger partial charge in [-0.1, -0.05) is 30.3 Å². The van der Waals surface area contributed by atoms with Gasteiger partial charge in [0.25, 0.3) is 11.5 Å². The fourth-order valence-corrected chi connectivity index (χ4v) is 4.58. The van der Waals surface area contributed by atoms with Crippen LogP contribution in [0.2, 0.25) is 0 Å². The van der Waals surface area contributed by atoms with E-state index >= 15 is 0 Å². The standard InChI is InChI=1S/C21H21N3O4S/c1-13-15-18(22-12-23(2)19(15)25)29-17(13)21(27)28-16(14-8-4-3-5-9-14)20(26)24-10-6-7-11-24/h3-5,8-9,12,16H,6-7,10-11H2,1-2H3. The van der Waals surface area contributed by atoms with E-state index in [1.807, 2.05) is 18.2 Å². The van der Waals surface area contributed by atoms with Crippen LogP contribution in [0.5, 0.6) is 0 Å². The van der Waals surface area contributed by atoms with E-state index in [-0.39, 0.29) is 11.5 Å². The number of benzene rings is 1. The second-order valence-corrected chi connectivity index (χ2v) is 8.12. The minimum Gasteiger partial charge on any atom is -0.443 e. The molecule has 29 heavy (non-hydrogen) atoms. The summed E-state index contributed by atoms with van der Waals surface area (Å²) in [6.45, 7) is 3.04. The van der Waals surface area contributed by atoms with E-state index < -0.39 is 12.1 Å². The third-order valence-electron chi connectivity index (χ3n) is 5.17. The molecule has 1 amide bonds. The molecule has 4 rings (SSSR count). The lowest BCUT2D eigenvalue weighted by Crippen LogP contribution is -2.34. The zero-order chi connectivity index (χ0) is 20.5. The van der Waals surface area contributed by atoms with Crippen LogP contribution in [0.1, 0.15) is 39.7 Å². The number of aryl methyl sites for hydroxylation is 2. The van der Waals surface area contributed by atoms with Gasteiger partial charge in [-0.15, -0.1) is 11.3 Å². The van der Waals surface area contributed by atoms with Crippen molar-refractivity contribution in [2.24, 2.45) is 7.05 Å². The van der Waals surface area contributed by atoms with Crippen LogP contribution < -0.4 is 5.56 Å². The largest absolute Gasteiger partial charge is 0.443 e. The molecule has 7 nitrogen and oxygen atoms in total. The lowest BCUT2D eigenvalue weighted by molar-refractivity contribution is -0.140. The summed E-state index contributed by atoms with van der Waals surface area (Å²) in [7, 11) is 1.62. The van der Waals surface area contributed by atoms with Crippen molar-refractivity contribution in [3.05, 3.63) is 63.0 Å². The topological polar surface area (TPSA) is 81.5 Å². The van der Waals surface area contributed by atoms with E-state index in [0.29, 0.717) is 39.3 Å². The van der Waals surface area contributed by atoms with E-state index in [1.54, 1.807) is 31.0 Å². The third-order valence-corrected chi connectivity index (χ3v) is 6.35. The Kier molecular flexibility index (Phi) is 5.19. The fraction of sp³-hybridized carbons (Fsp3) is 0.333. The minimum atomic E-state index is -1.01. The molecule has 0 saturated carbocycles. The van der Waals surface area contributed by atoms with E-state index in [9.17, 15) is 14.4 Å². The minimum absolute atomic E-state index is 0.212. The van der Waals surface area contributed by atoms with Gasteiger partial charge in [0.15, 0.2) is 0 Å². The first-order valence-corrected chi connectivity index (χ1v) is 10.3. The molecule has 8 heteroatoms. The molecule has 1 atom stereocenters. The van der Waals surface area contributed by atoms with Crippen LogP contribution in [-0.4, -0.2) is 39.4 Å². The molecule has 1 aliphatic rings. The first kappa shape index (κ1) is 19.3. The number of esters is 1. The Bertz CT molecular complexity index is 1130.